The minimum Gasteiger partial charge on any atom is -0.324 e. The molecular weight excluding hydrogens is 359 g/mol. The van der Waals surface area contributed by atoms with Crippen LogP contribution in [-0.4, -0.2) is 32.2 Å². The average Bonchev–Trinajstić information content (AvgIpc) is 2.49. The van der Waals surface area contributed by atoms with Crippen molar-refractivity contribution < 1.29 is 13.2 Å². The number of halogens is 2. The topological polar surface area (TPSA) is 66.5 Å². The number of para-hydroxylation sites is 1. The molecule has 1 N–H and O–H groups in total. The van der Waals surface area contributed by atoms with E-state index in [1.54, 1.807) is 36.4 Å². The van der Waals surface area contributed by atoms with Gasteiger partial charge in [-0.15, -0.1) is 0 Å². The van der Waals surface area contributed by atoms with Crippen LogP contribution in [0.4, 0.5) is 5.69 Å². The van der Waals surface area contributed by atoms with Gasteiger partial charge in [-0.1, -0.05) is 47.5 Å². The van der Waals surface area contributed by atoms with Gasteiger partial charge in [-0.25, -0.2) is 8.42 Å². The summed E-state index contributed by atoms with van der Waals surface area (Å²) < 4.78 is 25.8. The Labute approximate surface area is 144 Å². The van der Waals surface area contributed by atoms with Gasteiger partial charge in [0, 0.05) is 7.05 Å². The van der Waals surface area contributed by atoms with Crippen molar-refractivity contribution in [2.75, 3.05) is 18.9 Å². The number of likely N-dealkylation sites (N-methyl/N-ethyl adjacent to an activating group) is 1. The van der Waals surface area contributed by atoms with E-state index in [2.05, 4.69) is 5.32 Å². The lowest BCUT2D eigenvalue weighted by Crippen LogP contribution is -2.35. The number of hydrogen-bond acceptors (Lipinski definition) is 3. The number of amides is 1. The van der Waals surface area contributed by atoms with E-state index < -0.39 is 15.9 Å². The molecule has 23 heavy (non-hydrogen) atoms. The predicted octanol–water partition coefficient (Wildman–Crippen LogP) is 3.25. The van der Waals surface area contributed by atoms with Crippen molar-refractivity contribution >= 4 is 44.8 Å². The molecule has 0 saturated carbocycles. The molecule has 0 spiro atoms. The molecular formula is C15H14Cl2N2O3S. The Bertz CT molecular complexity index is 825. The molecule has 0 unspecified atom stereocenters. The van der Waals surface area contributed by atoms with Gasteiger partial charge in [-0.2, -0.15) is 4.31 Å². The lowest BCUT2D eigenvalue weighted by Gasteiger charge is -2.17. The van der Waals surface area contributed by atoms with Crippen molar-refractivity contribution in [1.82, 2.24) is 4.31 Å². The molecule has 0 aliphatic rings. The second-order valence-corrected chi connectivity index (χ2v) is 7.55. The number of sulfonamides is 1. The third-order valence-electron chi connectivity index (χ3n) is 3.04. The quantitative estimate of drug-likeness (QED) is 0.875. The van der Waals surface area contributed by atoms with Crippen molar-refractivity contribution in [3.8, 4) is 0 Å². The molecule has 2 rings (SSSR count). The smallest absolute Gasteiger partial charge is 0.244 e. The van der Waals surface area contributed by atoms with E-state index in [4.69, 9.17) is 23.2 Å². The van der Waals surface area contributed by atoms with Crippen LogP contribution in [-0.2, 0) is 14.8 Å². The molecule has 0 heterocycles. The number of carbonyl (C=O) groups excluding carboxylic acids is 1. The van der Waals surface area contributed by atoms with Gasteiger partial charge in [0.2, 0.25) is 15.9 Å². The number of rotatable bonds is 5. The Morgan fingerprint density at radius 3 is 2.22 bits per heavy atom. The largest absolute Gasteiger partial charge is 0.324 e. The summed E-state index contributed by atoms with van der Waals surface area (Å²) in [5, 5.41) is 3.04. The Kier molecular flexibility index (Phi) is 5.64. The highest BCUT2D eigenvalue weighted by Gasteiger charge is 2.25. The molecule has 122 valence electrons. The third kappa shape index (κ3) is 4.23. The molecule has 0 aromatic heterocycles. The molecule has 0 atom stereocenters. The summed E-state index contributed by atoms with van der Waals surface area (Å²) in [6.45, 7) is -0.362. The molecule has 2 aromatic rings. The van der Waals surface area contributed by atoms with E-state index in [1.807, 2.05) is 0 Å². The highest BCUT2D eigenvalue weighted by molar-refractivity contribution is 7.89. The van der Waals surface area contributed by atoms with Gasteiger partial charge in [-0.3, -0.25) is 4.79 Å². The lowest BCUT2D eigenvalue weighted by atomic mass is 10.3. The first-order valence-electron chi connectivity index (χ1n) is 6.57. The summed E-state index contributed by atoms with van der Waals surface area (Å²) in [4.78, 5) is 12.0. The van der Waals surface area contributed by atoms with E-state index in [-0.39, 0.29) is 16.5 Å². The van der Waals surface area contributed by atoms with Gasteiger partial charge in [-0.05, 0) is 24.3 Å². The predicted molar refractivity (Wildman–Crippen MR) is 91.3 cm³/mol. The van der Waals surface area contributed by atoms with Crippen LogP contribution >= 0.6 is 23.2 Å². The second-order valence-electron chi connectivity index (χ2n) is 4.72. The molecule has 2 aromatic carbocycles. The normalized spacial score (nSPS) is 11.5. The molecule has 8 heteroatoms. The summed E-state index contributed by atoms with van der Waals surface area (Å²) in [7, 11) is -2.55. The number of benzene rings is 2. The molecule has 0 fully saturated rings. The van der Waals surface area contributed by atoms with E-state index in [0.29, 0.717) is 10.7 Å². The van der Waals surface area contributed by atoms with Crippen molar-refractivity contribution in [3.63, 3.8) is 0 Å². The minimum atomic E-state index is -3.86. The maximum atomic E-state index is 12.4. The summed E-state index contributed by atoms with van der Waals surface area (Å²) in [5.74, 6) is -0.503. The van der Waals surface area contributed by atoms with Crippen LogP contribution < -0.4 is 5.32 Å². The van der Waals surface area contributed by atoms with Gasteiger partial charge in [0.1, 0.15) is 4.90 Å². The molecule has 5 nitrogen and oxygen atoms in total. The van der Waals surface area contributed by atoms with Gasteiger partial charge < -0.3 is 5.32 Å². The number of carbonyl (C=O) groups is 1. The molecule has 0 bridgehead atoms. The number of anilines is 1. The lowest BCUT2D eigenvalue weighted by molar-refractivity contribution is -0.116. The first-order chi connectivity index (χ1) is 10.8. The average molecular weight is 373 g/mol. The van der Waals surface area contributed by atoms with Crippen LogP contribution in [0.25, 0.3) is 0 Å². The second kappa shape index (κ2) is 7.31. The van der Waals surface area contributed by atoms with Crippen LogP contribution in [0.15, 0.2) is 53.4 Å². The molecule has 1 amide bonds. The van der Waals surface area contributed by atoms with E-state index in [0.717, 1.165) is 4.31 Å². The van der Waals surface area contributed by atoms with Gasteiger partial charge in [0.05, 0.1) is 22.3 Å². The Morgan fingerprint density at radius 1 is 1.04 bits per heavy atom. The highest BCUT2D eigenvalue weighted by atomic mass is 35.5. The summed E-state index contributed by atoms with van der Waals surface area (Å²) in [5.41, 5.74) is 0.419. The molecule has 0 saturated heterocycles. The van der Waals surface area contributed by atoms with Crippen LogP contribution in [0, 0.1) is 0 Å². The molecule has 0 aliphatic carbocycles. The van der Waals surface area contributed by atoms with Gasteiger partial charge in [0.15, 0.2) is 0 Å². The zero-order valence-corrected chi connectivity index (χ0v) is 14.5. The van der Waals surface area contributed by atoms with Crippen LogP contribution in [0.1, 0.15) is 0 Å². The number of nitrogens with one attached hydrogen (secondary N) is 1. The number of hydrogen-bond donors (Lipinski definition) is 1. The maximum Gasteiger partial charge on any atom is 0.244 e. The Hall–Kier alpha value is -1.60. The summed E-state index contributed by atoms with van der Waals surface area (Å²) >= 11 is 11.9. The summed E-state index contributed by atoms with van der Waals surface area (Å²) in [6, 6.07) is 12.8. The van der Waals surface area contributed by atoms with Gasteiger partial charge in [0.25, 0.3) is 0 Å². The fourth-order valence-corrected chi connectivity index (χ4v) is 3.66. The first-order valence-corrected chi connectivity index (χ1v) is 8.77. The van der Waals surface area contributed by atoms with E-state index >= 15 is 0 Å². The molecule has 0 radical (unpaired) electrons. The van der Waals surface area contributed by atoms with Crippen molar-refractivity contribution in [2.45, 2.75) is 4.90 Å². The Balaban J connectivity index is 2.12. The highest BCUT2D eigenvalue weighted by Crippen LogP contribution is 2.24. The van der Waals surface area contributed by atoms with E-state index in [9.17, 15) is 13.2 Å². The standard InChI is InChI=1S/C15H14Cl2N2O3S/c1-19(23(21,22)14-9-5-3-7-12(14)17)10-15(20)18-13-8-4-2-6-11(13)16/h2-9H,10H2,1H3,(H,18,20). The third-order valence-corrected chi connectivity index (χ3v) is 5.67. The number of nitrogens with zero attached hydrogens (tertiary/aromatic N) is 1. The monoisotopic (exact) mass is 372 g/mol. The SMILES string of the molecule is CN(CC(=O)Nc1ccccc1Cl)S(=O)(=O)c1ccccc1Cl. The van der Waals surface area contributed by atoms with E-state index in [1.165, 1.54) is 19.2 Å². The maximum absolute atomic E-state index is 12.4. The minimum absolute atomic E-state index is 0.0466. The van der Waals surface area contributed by atoms with Crippen LogP contribution in [0.2, 0.25) is 10.0 Å². The Morgan fingerprint density at radius 2 is 1.61 bits per heavy atom. The fraction of sp³-hybridized carbons (Fsp3) is 0.133. The fourth-order valence-electron chi connectivity index (χ4n) is 1.86. The first kappa shape index (κ1) is 17.7. The summed E-state index contributed by atoms with van der Waals surface area (Å²) in [6.07, 6.45) is 0. The van der Waals surface area contributed by atoms with Crippen LogP contribution in [0.5, 0.6) is 0 Å². The van der Waals surface area contributed by atoms with Crippen molar-refractivity contribution in [2.24, 2.45) is 0 Å². The molecule has 0 aliphatic heterocycles. The zero-order valence-electron chi connectivity index (χ0n) is 12.2. The van der Waals surface area contributed by atoms with Gasteiger partial charge >= 0.3 is 0 Å². The van der Waals surface area contributed by atoms with Crippen molar-refractivity contribution in [3.05, 3.63) is 58.6 Å². The van der Waals surface area contributed by atoms with Crippen molar-refractivity contribution in [1.29, 1.82) is 0 Å². The van der Waals surface area contributed by atoms with Crippen LogP contribution in [0.3, 0.4) is 0 Å². The zero-order chi connectivity index (χ0) is 17.0.